The van der Waals surface area contributed by atoms with Crippen LogP contribution in [-0.2, 0) is 0 Å². The predicted molar refractivity (Wildman–Crippen MR) is 66.9 cm³/mol. The first-order chi connectivity index (χ1) is 8.94. The Labute approximate surface area is 111 Å². The Kier molecular flexibility index (Phi) is 4.34. The summed E-state index contributed by atoms with van der Waals surface area (Å²) < 4.78 is 40.0. The maximum Gasteiger partial charge on any atom is 0.573 e. The van der Waals surface area contributed by atoms with E-state index < -0.39 is 6.36 Å². The summed E-state index contributed by atoms with van der Waals surface area (Å²) in [4.78, 5) is 0. The predicted octanol–water partition coefficient (Wildman–Crippen LogP) is 4.18. The Hall–Kier alpha value is -1.23. The normalized spacial score (nSPS) is 18.5. The molecule has 106 valence electrons. The summed E-state index contributed by atoms with van der Waals surface area (Å²) >= 11 is 0. The first-order valence-electron chi connectivity index (χ1n) is 6.56. The molecule has 1 aromatic rings. The van der Waals surface area contributed by atoms with Crippen LogP contribution in [0.3, 0.4) is 0 Å². The van der Waals surface area contributed by atoms with Gasteiger partial charge in [0.2, 0.25) is 0 Å². The highest BCUT2D eigenvalue weighted by Crippen LogP contribution is 2.26. The molecule has 1 aliphatic rings. The summed E-state index contributed by atoms with van der Waals surface area (Å²) in [6, 6.07) is 6.73. The molecule has 1 N–H and O–H groups in total. The van der Waals surface area contributed by atoms with Gasteiger partial charge in [-0.15, -0.1) is 13.2 Å². The Morgan fingerprint density at radius 1 is 1.16 bits per heavy atom. The molecule has 2 nitrogen and oxygen atoms in total. The SMILES string of the molecule is CC(NC1CCCC1)c1ccc(OC(F)(F)F)cc1. The minimum Gasteiger partial charge on any atom is -0.406 e. The molecule has 0 heterocycles. The third kappa shape index (κ3) is 4.42. The van der Waals surface area contributed by atoms with Gasteiger partial charge in [0.05, 0.1) is 0 Å². The second-order valence-electron chi connectivity index (χ2n) is 4.99. The molecule has 0 amide bonds. The van der Waals surface area contributed by atoms with Crippen LogP contribution in [0.1, 0.15) is 44.2 Å². The highest BCUT2D eigenvalue weighted by Gasteiger charge is 2.31. The highest BCUT2D eigenvalue weighted by molar-refractivity contribution is 5.29. The molecule has 1 aromatic carbocycles. The monoisotopic (exact) mass is 273 g/mol. The van der Waals surface area contributed by atoms with Gasteiger partial charge in [0.15, 0.2) is 0 Å². The molecule has 1 saturated carbocycles. The van der Waals surface area contributed by atoms with E-state index in [0.29, 0.717) is 6.04 Å². The zero-order valence-electron chi connectivity index (χ0n) is 10.8. The molecule has 1 atom stereocenters. The van der Waals surface area contributed by atoms with E-state index in [1.807, 2.05) is 6.92 Å². The molecule has 1 fully saturated rings. The van der Waals surface area contributed by atoms with E-state index in [0.717, 1.165) is 5.56 Å². The number of benzene rings is 1. The Morgan fingerprint density at radius 3 is 2.26 bits per heavy atom. The minimum atomic E-state index is -4.63. The van der Waals surface area contributed by atoms with Gasteiger partial charge in [0.25, 0.3) is 0 Å². The van der Waals surface area contributed by atoms with Crippen molar-refractivity contribution >= 4 is 0 Å². The lowest BCUT2D eigenvalue weighted by atomic mass is 10.1. The van der Waals surface area contributed by atoms with Crippen molar-refractivity contribution in [1.82, 2.24) is 5.32 Å². The molecule has 0 aliphatic heterocycles. The Bertz CT molecular complexity index is 396. The number of hydrogen-bond donors (Lipinski definition) is 1. The highest BCUT2D eigenvalue weighted by atomic mass is 19.4. The van der Waals surface area contributed by atoms with E-state index in [9.17, 15) is 13.2 Å². The first kappa shape index (κ1) is 14.2. The molecule has 0 spiro atoms. The van der Waals surface area contributed by atoms with Crippen LogP contribution < -0.4 is 10.1 Å². The van der Waals surface area contributed by atoms with Crippen LogP contribution in [-0.4, -0.2) is 12.4 Å². The van der Waals surface area contributed by atoms with E-state index >= 15 is 0 Å². The number of nitrogens with one attached hydrogen (secondary N) is 1. The second kappa shape index (κ2) is 5.82. The Morgan fingerprint density at radius 2 is 1.74 bits per heavy atom. The van der Waals surface area contributed by atoms with Crippen molar-refractivity contribution in [1.29, 1.82) is 0 Å². The average molecular weight is 273 g/mol. The fraction of sp³-hybridized carbons (Fsp3) is 0.571. The minimum absolute atomic E-state index is 0.142. The maximum absolute atomic E-state index is 12.0. The molecular formula is C14H18F3NO. The summed E-state index contributed by atoms with van der Waals surface area (Å²) in [6.45, 7) is 2.03. The number of halogens is 3. The van der Waals surface area contributed by atoms with Crippen molar-refractivity contribution in [2.24, 2.45) is 0 Å². The summed E-state index contributed by atoms with van der Waals surface area (Å²) in [5.74, 6) is -0.177. The smallest absolute Gasteiger partial charge is 0.406 e. The van der Waals surface area contributed by atoms with Crippen LogP contribution >= 0.6 is 0 Å². The van der Waals surface area contributed by atoms with Crippen LogP contribution in [0.2, 0.25) is 0 Å². The van der Waals surface area contributed by atoms with Gasteiger partial charge in [0.1, 0.15) is 5.75 Å². The number of hydrogen-bond acceptors (Lipinski definition) is 2. The molecule has 1 unspecified atom stereocenters. The fourth-order valence-corrected chi connectivity index (χ4v) is 2.50. The number of alkyl halides is 3. The molecule has 19 heavy (non-hydrogen) atoms. The van der Waals surface area contributed by atoms with Crippen molar-refractivity contribution < 1.29 is 17.9 Å². The van der Waals surface area contributed by atoms with Crippen LogP contribution in [0.15, 0.2) is 24.3 Å². The largest absolute Gasteiger partial charge is 0.573 e. The molecule has 5 heteroatoms. The summed E-state index contributed by atoms with van der Waals surface area (Å²) in [7, 11) is 0. The van der Waals surface area contributed by atoms with Gasteiger partial charge < -0.3 is 10.1 Å². The van der Waals surface area contributed by atoms with Gasteiger partial charge in [0, 0.05) is 12.1 Å². The summed E-state index contributed by atoms with van der Waals surface area (Å²) in [5.41, 5.74) is 0.974. The molecule has 0 saturated heterocycles. The third-order valence-corrected chi connectivity index (χ3v) is 3.45. The number of rotatable bonds is 4. The summed E-state index contributed by atoms with van der Waals surface area (Å²) in [5, 5.41) is 3.50. The lowest BCUT2D eigenvalue weighted by Gasteiger charge is -2.20. The van der Waals surface area contributed by atoms with Crippen molar-refractivity contribution in [3.63, 3.8) is 0 Å². The van der Waals surface area contributed by atoms with Gasteiger partial charge in [-0.25, -0.2) is 0 Å². The van der Waals surface area contributed by atoms with Crippen molar-refractivity contribution in [2.75, 3.05) is 0 Å². The van der Waals surface area contributed by atoms with E-state index in [1.54, 1.807) is 12.1 Å². The van der Waals surface area contributed by atoms with Crippen LogP contribution in [0, 0.1) is 0 Å². The van der Waals surface area contributed by atoms with Gasteiger partial charge >= 0.3 is 6.36 Å². The van der Waals surface area contributed by atoms with E-state index in [-0.39, 0.29) is 11.8 Å². The lowest BCUT2D eigenvalue weighted by molar-refractivity contribution is -0.274. The van der Waals surface area contributed by atoms with Crippen molar-refractivity contribution in [2.45, 2.75) is 51.1 Å². The quantitative estimate of drug-likeness (QED) is 0.888. The fourth-order valence-electron chi connectivity index (χ4n) is 2.50. The van der Waals surface area contributed by atoms with Crippen LogP contribution in [0.25, 0.3) is 0 Å². The second-order valence-corrected chi connectivity index (χ2v) is 4.99. The topological polar surface area (TPSA) is 21.3 Å². The molecule has 2 rings (SSSR count). The Balaban J connectivity index is 1.93. The molecule has 0 aromatic heterocycles. The molecule has 0 radical (unpaired) electrons. The van der Waals surface area contributed by atoms with Crippen LogP contribution in [0.4, 0.5) is 13.2 Å². The maximum atomic E-state index is 12.0. The molecule has 0 bridgehead atoms. The van der Waals surface area contributed by atoms with Crippen molar-refractivity contribution in [3.8, 4) is 5.75 Å². The standard InChI is InChI=1S/C14H18F3NO/c1-10(18-12-4-2-3-5-12)11-6-8-13(9-7-11)19-14(15,16)17/h6-10,12,18H,2-5H2,1H3. The van der Waals surface area contributed by atoms with Gasteiger partial charge in [-0.1, -0.05) is 25.0 Å². The lowest BCUT2D eigenvalue weighted by Crippen LogP contribution is -2.28. The third-order valence-electron chi connectivity index (χ3n) is 3.45. The van der Waals surface area contributed by atoms with Crippen molar-refractivity contribution in [3.05, 3.63) is 29.8 Å². The molecule has 1 aliphatic carbocycles. The first-order valence-corrected chi connectivity index (χ1v) is 6.56. The van der Waals surface area contributed by atoms with Crippen LogP contribution in [0.5, 0.6) is 5.75 Å². The van der Waals surface area contributed by atoms with Gasteiger partial charge in [-0.2, -0.15) is 0 Å². The van der Waals surface area contributed by atoms with Gasteiger partial charge in [-0.3, -0.25) is 0 Å². The molecular weight excluding hydrogens is 255 g/mol. The zero-order chi connectivity index (χ0) is 13.9. The number of ether oxygens (including phenoxy) is 1. The zero-order valence-corrected chi connectivity index (χ0v) is 10.8. The van der Waals surface area contributed by atoms with E-state index in [2.05, 4.69) is 10.1 Å². The van der Waals surface area contributed by atoms with E-state index in [4.69, 9.17) is 0 Å². The van der Waals surface area contributed by atoms with E-state index in [1.165, 1.54) is 37.8 Å². The van der Waals surface area contributed by atoms with Gasteiger partial charge in [-0.05, 0) is 37.5 Å². The average Bonchev–Trinajstić information content (AvgIpc) is 2.80. The summed E-state index contributed by atoms with van der Waals surface area (Å²) in [6.07, 6.45) is 0.236.